The average Bonchev–Trinajstić information content (AvgIpc) is 3.15. The summed E-state index contributed by atoms with van der Waals surface area (Å²) in [6, 6.07) is 2.82. The van der Waals surface area contributed by atoms with E-state index in [1.54, 1.807) is 25.3 Å². The van der Waals surface area contributed by atoms with Gasteiger partial charge in [-0.2, -0.15) is 0 Å². The molecule has 5 N–H and O–H groups in total. The zero-order valence-electron chi connectivity index (χ0n) is 18.9. The van der Waals surface area contributed by atoms with Crippen LogP contribution in [0.4, 0.5) is 26.4 Å². The van der Waals surface area contributed by atoms with Crippen molar-refractivity contribution in [2.75, 3.05) is 29.1 Å². The van der Waals surface area contributed by atoms with Crippen molar-refractivity contribution in [3.05, 3.63) is 35.9 Å². The molecule has 10 heteroatoms. The van der Waals surface area contributed by atoms with E-state index in [9.17, 15) is 15.0 Å². The average molecular weight is 468 g/mol. The lowest BCUT2D eigenvalue weighted by atomic mass is 9.97. The Hall–Kier alpha value is -3.66. The number of fused-ring (bicyclic) bond motifs is 2. The first-order chi connectivity index (χ1) is 16.2. The summed E-state index contributed by atoms with van der Waals surface area (Å²) in [6.07, 6.45) is 3.11. The molecule has 1 aromatic carbocycles. The monoisotopic (exact) mass is 467 g/mol. The van der Waals surface area contributed by atoms with Gasteiger partial charge in [-0.25, -0.2) is 19.2 Å². The van der Waals surface area contributed by atoms with Gasteiger partial charge < -0.3 is 26.0 Å². The third-order valence-electron chi connectivity index (χ3n) is 6.73. The fraction of sp³-hybridized carbons (Fsp3) is 0.375. The number of ether oxygens (including phenoxy) is 1. The summed E-state index contributed by atoms with van der Waals surface area (Å²) >= 11 is 0. The highest BCUT2D eigenvalue weighted by Crippen LogP contribution is 2.40. The molecule has 2 aliphatic rings. The first kappa shape index (κ1) is 22.1. The standard InChI is InChI=1S/C24H26FN5O4/c1-12-16(10-29-22-21(12)27-5-6-34-22)15-7-13-8-18(28-11-17(13)20(26)19(15)25)30(23(31)32)14-3-4-24(2,33)9-14/h7-8,10-11,14,27,33H,3-6,9,26H2,1-2H3,(H,31,32)/t14-,24-/m1/s1. The molecule has 1 saturated carbocycles. The Balaban J connectivity index is 1.62. The lowest BCUT2D eigenvalue weighted by Gasteiger charge is -2.26. The van der Waals surface area contributed by atoms with Crippen molar-refractivity contribution >= 4 is 34.1 Å². The van der Waals surface area contributed by atoms with Crippen LogP contribution < -0.4 is 20.7 Å². The van der Waals surface area contributed by atoms with Crippen molar-refractivity contribution in [1.29, 1.82) is 0 Å². The van der Waals surface area contributed by atoms with Gasteiger partial charge in [0.25, 0.3) is 0 Å². The van der Waals surface area contributed by atoms with Crippen LogP contribution in [-0.2, 0) is 0 Å². The molecule has 178 valence electrons. The molecule has 1 aliphatic carbocycles. The van der Waals surface area contributed by atoms with Crippen LogP contribution in [0.15, 0.2) is 24.5 Å². The van der Waals surface area contributed by atoms with E-state index in [4.69, 9.17) is 10.5 Å². The minimum absolute atomic E-state index is 0.0708. The molecule has 1 amide bonds. The van der Waals surface area contributed by atoms with Gasteiger partial charge in [0.15, 0.2) is 5.82 Å². The quantitative estimate of drug-likeness (QED) is 0.426. The van der Waals surface area contributed by atoms with Crippen molar-refractivity contribution in [2.24, 2.45) is 0 Å². The Kier molecular flexibility index (Phi) is 5.20. The predicted octanol–water partition coefficient (Wildman–Crippen LogP) is 3.92. The molecule has 0 radical (unpaired) electrons. The maximum Gasteiger partial charge on any atom is 0.413 e. The number of amides is 1. The molecule has 0 spiro atoms. The van der Waals surface area contributed by atoms with Crippen LogP contribution in [0.1, 0.15) is 31.7 Å². The molecule has 1 fully saturated rings. The molecular weight excluding hydrogens is 441 g/mol. The Labute approximate surface area is 195 Å². The molecular formula is C24H26FN5O4. The minimum atomic E-state index is -1.16. The summed E-state index contributed by atoms with van der Waals surface area (Å²) in [7, 11) is 0. The number of nitrogens with one attached hydrogen (secondary N) is 1. The molecule has 0 unspecified atom stereocenters. The molecule has 2 aromatic heterocycles. The summed E-state index contributed by atoms with van der Waals surface area (Å²) in [6.45, 7) is 4.68. The summed E-state index contributed by atoms with van der Waals surface area (Å²) in [5.41, 5.74) is 7.45. The largest absolute Gasteiger partial charge is 0.474 e. The highest BCUT2D eigenvalue weighted by Gasteiger charge is 2.39. The van der Waals surface area contributed by atoms with Crippen LogP contribution >= 0.6 is 0 Å². The zero-order valence-corrected chi connectivity index (χ0v) is 18.9. The van der Waals surface area contributed by atoms with Gasteiger partial charge in [0.05, 0.1) is 11.3 Å². The first-order valence-corrected chi connectivity index (χ1v) is 11.2. The molecule has 1 aliphatic heterocycles. The van der Waals surface area contributed by atoms with Crippen molar-refractivity contribution in [3.63, 3.8) is 0 Å². The van der Waals surface area contributed by atoms with E-state index in [1.165, 1.54) is 11.1 Å². The fourth-order valence-electron chi connectivity index (χ4n) is 4.96. The Morgan fingerprint density at radius 3 is 2.82 bits per heavy atom. The number of rotatable bonds is 3. The number of pyridine rings is 2. The summed E-state index contributed by atoms with van der Waals surface area (Å²) in [5.74, 6) is 0.0817. The first-order valence-electron chi connectivity index (χ1n) is 11.2. The van der Waals surface area contributed by atoms with E-state index in [-0.39, 0.29) is 17.1 Å². The smallest absolute Gasteiger partial charge is 0.413 e. The SMILES string of the molecule is Cc1c(-c2cc3cc(N(C(=O)O)[C@@H]4CC[C@@](C)(O)C4)ncc3c(N)c2F)cnc2c1NCCO2. The lowest BCUT2D eigenvalue weighted by molar-refractivity contribution is 0.0664. The van der Waals surface area contributed by atoms with Crippen LogP contribution in [0.3, 0.4) is 0 Å². The summed E-state index contributed by atoms with van der Waals surface area (Å²) < 4.78 is 21.0. The van der Waals surface area contributed by atoms with Gasteiger partial charge in [-0.05, 0) is 56.2 Å². The second-order valence-corrected chi connectivity index (χ2v) is 9.21. The molecule has 0 bridgehead atoms. The van der Waals surface area contributed by atoms with E-state index in [1.807, 2.05) is 6.92 Å². The Morgan fingerprint density at radius 1 is 1.32 bits per heavy atom. The number of benzene rings is 1. The van der Waals surface area contributed by atoms with Gasteiger partial charge in [0, 0.05) is 41.5 Å². The van der Waals surface area contributed by atoms with Crippen molar-refractivity contribution in [1.82, 2.24) is 9.97 Å². The van der Waals surface area contributed by atoms with Gasteiger partial charge in [0.1, 0.15) is 18.1 Å². The number of hydrogen-bond donors (Lipinski definition) is 4. The zero-order chi connectivity index (χ0) is 24.2. The van der Waals surface area contributed by atoms with Crippen molar-refractivity contribution < 1.29 is 24.1 Å². The van der Waals surface area contributed by atoms with Gasteiger partial charge in [-0.3, -0.25) is 4.90 Å². The van der Waals surface area contributed by atoms with Crippen molar-refractivity contribution in [3.8, 4) is 17.0 Å². The van der Waals surface area contributed by atoms with E-state index >= 15 is 4.39 Å². The van der Waals surface area contributed by atoms with Crippen LogP contribution in [-0.4, -0.2) is 51.1 Å². The number of hydrogen-bond acceptors (Lipinski definition) is 7. The Bertz CT molecular complexity index is 1310. The maximum atomic E-state index is 15.4. The number of carbonyl (C=O) groups is 1. The fourth-order valence-corrected chi connectivity index (χ4v) is 4.96. The highest BCUT2D eigenvalue weighted by atomic mass is 19.1. The van der Waals surface area contributed by atoms with Gasteiger partial charge >= 0.3 is 6.09 Å². The van der Waals surface area contributed by atoms with Gasteiger partial charge in [0.2, 0.25) is 5.88 Å². The van der Waals surface area contributed by atoms with E-state index < -0.39 is 23.6 Å². The lowest BCUT2D eigenvalue weighted by Crippen LogP contribution is -2.39. The molecule has 2 atom stereocenters. The number of aromatic nitrogens is 2. The van der Waals surface area contributed by atoms with Crippen molar-refractivity contribution in [2.45, 2.75) is 44.8 Å². The Morgan fingerprint density at radius 2 is 2.12 bits per heavy atom. The topological polar surface area (TPSA) is 134 Å². The molecule has 3 aromatic rings. The van der Waals surface area contributed by atoms with Crippen LogP contribution in [0, 0.1) is 12.7 Å². The number of carboxylic acid groups (broad SMARTS) is 1. The number of nitrogen functional groups attached to an aromatic ring is 1. The molecule has 5 rings (SSSR count). The van der Waals surface area contributed by atoms with E-state index in [2.05, 4.69) is 15.3 Å². The normalized spacial score (nSPS) is 21.6. The number of halogens is 1. The third kappa shape index (κ3) is 3.63. The maximum absolute atomic E-state index is 15.4. The van der Waals surface area contributed by atoms with Gasteiger partial charge in [-0.15, -0.1) is 0 Å². The number of aliphatic hydroxyl groups is 1. The summed E-state index contributed by atoms with van der Waals surface area (Å²) in [4.78, 5) is 21.9. The molecule has 3 heterocycles. The van der Waals surface area contributed by atoms with E-state index in [0.29, 0.717) is 60.3 Å². The van der Waals surface area contributed by atoms with Crippen LogP contribution in [0.2, 0.25) is 0 Å². The third-order valence-corrected chi connectivity index (χ3v) is 6.73. The summed E-state index contributed by atoms with van der Waals surface area (Å²) in [5, 5.41) is 24.4. The number of nitrogens with zero attached hydrogens (tertiary/aromatic N) is 3. The number of anilines is 3. The van der Waals surface area contributed by atoms with Gasteiger partial charge in [-0.1, -0.05) is 0 Å². The predicted molar refractivity (Wildman–Crippen MR) is 127 cm³/mol. The van der Waals surface area contributed by atoms with Crippen LogP contribution in [0.25, 0.3) is 21.9 Å². The van der Waals surface area contributed by atoms with Crippen LogP contribution in [0.5, 0.6) is 5.88 Å². The molecule has 0 saturated heterocycles. The van der Waals surface area contributed by atoms with E-state index in [0.717, 1.165) is 5.56 Å². The number of nitrogens with two attached hydrogens (primary N) is 1. The minimum Gasteiger partial charge on any atom is -0.474 e. The second kappa shape index (κ2) is 7.98. The highest BCUT2D eigenvalue weighted by molar-refractivity contribution is 5.99. The second-order valence-electron chi connectivity index (χ2n) is 9.21. The molecule has 9 nitrogen and oxygen atoms in total. The molecule has 34 heavy (non-hydrogen) atoms.